The molecule has 11 heteroatoms. The number of sulfonamides is 1. The van der Waals surface area contributed by atoms with Gasteiger partial charge in [0.25, 0.3) is 5.91 Å². The van der Waals surface area contributed by atoms with Crippen LogP contribution < -0.4 is 10.0 Å². The number of carbonyl (C=O) groups excluding carboxylic acids is 1. The van der Waals surface area contributed by atoms with E-state index in [0.717, 1.165) is 0 Å². The van der Waals surface area contributed by atoms with Gasteiger partial charge in [0.05, 0.1) is 16.7 Å². The molecule has 3 rings (SSSR count). The summed E-state index contributed by atoms with van der Waals surface area (Å²) in [5.74, 6) is -1.94. The average Bonchev–Trinajstić information content (AvgIpc) is 3.11. The second kappa shape index (κ2) is 9.35. The number of aromatic nitrogens is 1. The predicted octanol–water partition coefficient (Wildman–Crippen LogP) is 3.16. The van der Waals surface area contributed by atoms with Crippen molar-refractivity contribution in [1.29, 1.82) is 0 Å². The van der Waals surface area contributed by atoms with Crippen LogP contribution in [-0.2, 0) is 21.2 Å². The Kier molecular flexibility index (Phi) is 6.78. The molecule has 0 atom stereocenters. The minimum absolute atomic E-state index is 0.00704. The van der Waals surface area contributed by atoms with Crippen LogP contribution in [0.3, 0.4) is 0 Å². The number of carbonyl (C=O) groups is 2. The zero-order chi connectivity index (χ0) is 23.5. The number of hydrogen-bond acceptors (Lipinski definition) is 6. The van der Waals surface area contributed by atoms with E-state index < -0.39 is 27.7 Å². The highest BCUT2D eigenvalue weighted by atomic mass is 32.2. The summed E-state index contributed by atoms with van der Waals surface area (Å²) in [5, 5.41) is 11.8. The van der Waals surface area contributed by atoms with E-state index >= 15 is 0 Å². The minimum Gasteiger partial charge on any atom is -0.481 e. The topological polar surface area (TPSA) is 139 Å². The van der Waals surface area contributed by atoms with Crippen LogP contribution in [0.5, 0.6) is 0 Å². The van der Waals surface area contributed by atoms with Crippen molar-refractivity contribution < 1.29 is 31.9 Å². The SMILES string of the molecule is CCS(=O)(=O)Nc1nc2oc(-c3ccc(F)cc3)c(C(=O)NC)c2cc1CCCC(=O)O. The van der Waals surface area contributed by atoms with Gasteiger partial charge in [0.15, 0.2) is 0 Å². The molecule has 3 aromatic rings. The molecule has 1 aromatic carbocycles. The van der Waals surface area contributed by atoms with Crippen LogP contribution in [0, 0.1) is 5.82 Å². The Labute approximate surface area is 183 Å². The number of carboxylic acids is 1. The van der Waals surface area contributed by atoms with Gasteiger partial charge in [-0.3, -0.25) is 14.3 Å². The van der Waals surface area contributed by atoms with Gasteiger partial charge >= 0.3 is 5.97 Å². The number of fused-ring (bicyclic) bond motifs is 1. The number of pyridine rings is 1. The van der Waals surface area contributed by atoms with Crippen LogP contribution in [0.2, 0.25) is 0 Å². The summed E-state index contributed by atoms with van der Waals surface area (Å²) < 4.78 is 45.9. The predicted molar refractivity (Wildman–Crippen MR) is 116 cm³/mol. The number of furan rings is 1. The van der Waals surface area contributed by atoms with Crippen LogP contribution >= 0.6 is 0 Å². The Bertz CT molecular complexity index is 1270. The van der Waals surface area contributed by atoms with E-state index in [9.17, 15) is 22.4 Å². The van der Waals surface area contributed by atoms with Gasteiger partial charge in [0.1, 0.15) is 17.4 Å². The fourth-order valence-electron chi connectivity index (χ4n) is 3.15. The first kappa shape index (κ1) is 23.2. The van der Waals surface area contributed by atoms with Crippen LogP contribution in [0.15, 0.2) is 34.7 Å². The lowest BCUT2D eigenvalue weighted by molar-refractivity contribution is -0.137. The highest BCUT2D eigenvalue weighted by Gasteiger charge is 2.25. The van der Waals surface area contributed by atoms with Gasteiger partial charge in [0, 0.05) is 19.0 Å². The number of hydrogen-bond donors (Lipinski definition) is 3. The van der Waals surface area contributed by atoms with E-state index in [0.29, 0.717) is 16.5 Å². The van der Waals surface area contributed by atoms with Gasteiger partial charge in [0.2, 0.25) is 15.7 Å². The second-order valence-corrected chi connectivity index (χ2v) is 9.00. The molecular formula is C21H22FN3O6S. The summed E-state index contributed by atoms with van der Waals surface area (Å²) in [7, 11) is -2.23. The zero-order valence-electron chi connectivity index (χ0n) is 17.4. The maximum Gasteiger partial charge on any atom is 0.303 e. The molecule has 0 unspecified atom stereocenters. The second-order valence-electron chi connectivity index (χ2n) is 6.99. The Balaban J connectivity index is 2.21. The van der Waals surface area contributed by atoms with Crippen molar-refractivity contribution in [3.63, 3.8) is 0 Å². The van der Waals surface area contributed by atoms with Gasteiger partial charge in [-0.25, -0.2) is 12.8 Å². The first-order valence-electron chi connectivity index (χ1n) is 9.82. The Hall–Kier alpha value is -3.47. The van der Waals surface area contributed by atoms with E-state index in [1.165, 1.54) is 38.2 Å². The number of aryl methyl sites for hydroxylation is 1. The largest absolute Gasteiger partial charge is 0.481 e. The fourth-order valence-corrected chi connectivity index (χ4v) is 3.76. The van der Waals surface area contributed by atoms with Gasteiger partial charge < -0.3 is 14.8 Å². The van der Waals surface area contributed by atoms with Crippen molar-refractivity contribution in [2.24, 2.45) is 0 Å². The third kappa shape index (κ3) is 5.05. The quantitative estimate of drug-likeness (QED) is 0.443. The van der Waals surface area contributed by atoms with Gasteiger partial charge in [-0.1, -0.05) is 0 Å². The van der Waals surface area contributed by atoms with Gasteiger partial charge in [-0.05, 0) is 55.7 Å². The molecule has 0 aliphatic heterocycles. The summed E-state index contributed by atoms with van der Waals surface area (Å²) in [6, 6.07) is 6.92. The smallest absolute Gasteiger partial charge is 0.303 e. The molecule has 2 heterocycles. The third-order valence-corrected chi connectivity index (χ3v) is 6.06. The monoisotopic (exact) mass is 463 g/mol. The number of amides is 1. The third-order valence-electron chi connectivity index (χ3n) is 4.79. The number of aliphatic carboxylic acids is 1. The molecule has 0 aliphatic rings. The summed E-state index contributed by atoms with van der Waals surface area (Å²) in [4.78, 5) is 27.9. The van der Waals surface area contributed by atoms with Crippen molar-refractivity contribution in [1.82, 2.24) is 10.3 Å². The highest BCUT2D eigenvalue weighted by molar-refractivity contribution is 7.92. The summed E-state index contributed by atoms with van der Waals surface area (Å²) in [6.45, 7) is 1.47. The molecule has 1 amide bonds. The van der Waals surface area contributed by atoms with E-state index in [2.05, 4.69) is 15.0 Å². The Morgan fingerprint density at radius 1 is 1.22 bits per heavy atom. The minimum atomic E-state index is -3.68. The van der Waals surface area contributed by atoms with Crippen LogP contribution in [0.25, 0.3) is 22.4 Å². The van der Waals surface area contributed by atoms with Gasteiger partial charge in [-0.15, -0.1) is 0 Å². The van der Waals surface area contributed by atoms with E-state index in [1.54, 1.807) is 6.07 Å². The van der Waals surface area contributed by atoms with E-state index in [-0.39, 0.29) is 47.9 Å². The Morgan fingerprint density at radius 2 is 1.91 bits per heavy atom. The molecule has 170 valence electrons. The number of rotatable bonds is 9. The van der Waals surface area contributed by atoms with Crippen LogP contribution in [0.1, 0.15) is 35.7 Å². The number of halogens is 1. The maximum absolute atomic E-state index is 13.4. The number of anilines is 1. The molecular weight excluding hydrogens is 441 g/mol. The normalized spacial score (nSPS) is 11.5. The molecule has 3 N–H and O–H groups in total. The summed E-state index contributed by atoms with van der Waals surface area (Å²) in [5.41, 5.74) is 1.03. The molecule has 0 saturated carbocycles. The van der Waals surface area contributed by atoms with E-state index in [4.69, 9.17) is 9.52 Å². The van der Waals surface area contributed by atoms with E-state index in [1.807, 2.05) is 0 Å². The molecule has 0 aliphatic carbocycles. The molecule has 0 bridgehead atoms. The molecule has 2 aromatic heterocycles. The standard InChI is InChI=1S/C21H22FN3O6S/c1-3-32(29,30)25-19-13(5-4-6-16(26)27)11-15-17(20(28)23-2)18(31-21(15)24-19)12-7-9-14(22)10-8-12/h7-11H,3-6H2,1-2H3,(H,23,28)(H,24,25)(H,26,27). The number of carboxylic acid groups (broad SMARTS) is 1. The molecule has 32 heavy (non-hydrogen) atoms. The molecule has 0 fully saturated rings. The average molecular weight is 463 g/mol. The fraction of sp³-hybridized carbons (Fsp3) is 0.286. The lowest BCUT2D eigenvalue weighted by Gasteiger charge is -2.11. The molecule has 0 saturated heterocycles. The molecule has 0 radical (unpaired) electrons. The highest BCUT2D eigenvalue weighted by Crippen LogP contribution is 2.35. The number of nitrogens with zero attached hydrogens (tertiary/aromatic N) is 1. The number of benzene rings is 1. The summed E-state index contributed by atoms with van der Waals surface area (Å²) in [6.07, 6.45) is 0.328. The van der Waals surface area contributed by atoms with Crippen molar-refractivity contribution >= 4 is 38.8 Å². The maximum atomic E-state index is 13.4. The van der Waals surface area contributed by atoms with Crippen LogP contribution in [0.4, 0.5) is 10.2 Å². The van der Waals surface area contributed by atoms with Crippen molar-refractivity contribution in [2.75, 3.05) is 17.5 Å². The lowest BCUT2D eigenvalue weighted by atomic mass is 10.0. The van der Waals surface area contributed by atoms with Gasteiger partial charge in [-0.2, -0.15) is 4.98 Å². The van der Waals surface area contributed by atoms with Crippen molar-refractivity contribution in [3.8, 4) is 11.3 Å². The van der Waals surface area contributed by atoms with Crippen molar-refractivity contribution in [3.05, 3.63) is 47.3 Å². The first-order chi connectivity index (χ1) is 15.1. The molecule has 9 nitrogen and oxygen atoms in total. The molecule has 0 spiro atoms. The Morgan fingerprint density at radius 3 is 2.50 bits per heavy atom. The lowest BCUT2D eigenvalue weighted by Crippen LogP contribution is -2.19. The number of nitrogens with one attached hydrogen (secondary N) is 2. The summed E-state index contributed by atoms with van der Waals surface area (Å²) >= 11 is 0. The van der Waals surface area contributed by atoms with Crippen LogP contribution in [-0.4, -0.2) is 43.2 Å². The first-order valence-corrected chi connectivity index (χ1v) is 11.5. The van der Waals surface area contributed by atoms with Crippen molar-refractivity contribution in [2.45, 2.75) is 26.2 Å². The zero-order valence-corrected chi connectivity index (χ0v) is 18.3.